The van der Waals surface area contributed by atoms with E-state index < -0.39 is 14.8 Å². The molecule has 0 radical (unpaired) electrons. The van der Waals surface area contributed by atoms with E-state index in [0.717, 1.165) is 36.3 Å². The maximum Gasteiger partial charge on any atom is 0.237 e. The quantitative estimate of drug-likeness (QED) is 0.562. The lowest BCUT2D eigenvalue weighted by Crippen LogP contribution is -2.33. The molecule has 0 spiro atoms. The van der Waals surface area contributed by atoms with E-state index in [9.17, 15) is 8.42 Å². The summed E-state index contributed by atoms with van der Waals surface area (Å²) < 4.78 is 32.6. The van der Waals surface area contributed by atoms with E-state index in [4.69, 9.17) is 4.74 Å². The van der Waals surface area contributed by atoms with Crippen LogP contribution in [0.2, 0.25) is 0 Å². The highest BCUT2D eigenvalue weighted by Gasteiger charge is 2.28. The Morgan fingerprint density at radius 1 is 1.00 bits per heavy atom. The molecule has 2 aromatic rings. The Hall–Kier alpha value is -2.21. The zero-order valence-electron chi connectivity index (χ0n) is 18.5. The van der Waals surface area contributed by atoms with Crippen molar-refractivity contribution in [2.24, 2.45) is 0 Å². The smallest absolute Gasteiger partial charge is 0.237 e. The molecule has 164 valence electrons. The first-order valence-corrected chi connectivity index (χ1v) is 12.3. The van der Waals surface area contributed by atoms with Crippen LogP contribution in [0.1, 0.15) is 64.5 Å². The molecule has 1 aliphatic carbocycles. The predicted octanol–water partition coefficient (Wildman–Crippen LogP) is 5.72. The summed E-state index contributed by atoms with van der Waals surface area (Å²) in [6.07, 6.45) is 6.14. The van der Waals surface area contributed by atoms with Crippen LogP contribution in [0.4, 0.5) is 11.4 Å². The summed E-state index contributed by atoms with van der Waals surface area (Å²) in [6.45, 7) is 7.86. The van der Waals surface area contributed by atoms with Crippen molar-refractivity contribution in [2.45, 2.75) is 77.2 Å². The van der Waals surface area contributed by atoms with Crippen LogP contribution in [-0.4, -0.2) is 19.3 Å². The third-order valence-electron chi connectivity index (χ3n) is 5.55. The molecule has 30 heavy (non-hydrogen) atoms. The fourth-order valence-electron chi connectivity index (χ4n) is 3.47. The zero-order chi connectivity index (χ0) is 21.8. The molecule has 0 unspecified atom stereocenters. The summed E-state index contributed by atoms with van der Waals surface area (Å²) in [5.74, 6) is 1.01. The van der Waals surface area contributed by atoms with Gasteiger partial charge in [-0.05, 0) is 94.3 Å². The third-order valence-corrected chi connectivity index (χ3v) is 7.66. The number of ether oxygens (including phenoxy) is 1. The average molecular weight is 431 g/mol. The molecular weight excluding hydrogens is 396 g/mol. The van der Waals surface area contributed by atoms with Gasteiger partial charge in [0, 0.05) is 17.9 Å². The number of rotatable bonds is 8. The second-order valence-electron chi connectivity index (χ2n) is 8.97. The van der Waals surface area contributed by atoms with E-state index in [0.29, 0.717) is 18.3 Å². The fraction of sp³-hybridized carbons (Fsp3) is 0.500. The lowest BCUT2D eigenvalue weighted by atomic mass is 10.1. The van der Waals surface area contributed by atoms with Gasteiger partial charge >= 0.3 is 0 Å². The Kier molecular flexibility index (Phi) is 6.96. The minimum Gasteiger partial charge on any atom is -0.490 e. The Balaban J connectivity index is 1.60. The fourth-order valence-corrected chi connectivity index (χ4v) is 4.22. The average Bonchev–Trinajstić information content (AvgIpc) is 3.20. The Morgan fingerprint density at radius 2 is 1.63 bits per heavy atom. The highest BCUT2D eigenvalue weighted by Crippen LogP contribution is 2.29. The van der Waals surface area contributed by atoms with Gasteiger partial charge in [0.2, 0.25) is 10.0 Å². The number of hydrogen-bond donors (Lipinski definition) is 2. The van der Waals surface area contributed by atoms with Crippen LogP contribution in [-0.2, 0) is 23.0 Å². The van der Waals surface area contributed by atoms with Crippen LogP contribution in [0.25, 0.3) is 0 Å². The maximum absolute atomic E-state index is 12.3. The van der Waals surface area contributed by atoms with Crippen molar-refractivity contribution in [3.05, 3.63) is 53.6 Å². The van der Waals surface area contributed by atoms with E-state index in [1.807, 2.05) is 12.1 Å². The van der Waals surface area contributed by atoms with Crippen molar-refractivity contribution in [2.75, 3.05) is 10.0 Å². The van der Waals surface area contributed by atoms with Gasteiger partial charge in [0.25, 0.3) is 0 Å². The maximum atomic E-state index is 12.3. The van der Waals surface area contributed by atoms with Crippen LogP contribution in [0.3, 0.4) is 0 Å². The van der Waals surface area contributed by atoms with Gasteiger partial charge in [-0.3, -0.25) is 4.72 Å². The molecular formula is C24H34N2O3S. The van der Waals surface area contributed by atoms with Crippen molar-refractivity contribution in [3.8, 4) is 5.75 Å². The number of sulfonamides is 1. The molecule has 0 aromatic heterocycles. The molecule has 0 heterocycles. The third kappa shape index (κ3) is 5.69. The van der Waals surface area contributed by atoms with Gasteiger partial charge in [0.05, 0.1) is 10.9 Å². The van der Waals surface area contributed by atoms with Gasteiger partial charge in [-0.1, -0.05) is 19.1 Å². The molecule has 0 aliphatic heterocycles. The number of anilines is 2. The van der Waals surface area contributed by atoms with Crippen molar-refractivity contribution >= 4 is 21.4 Å². The molecule has 2 aromatic carbocycles. The normalized spacial score (nSPS) is 15.2. The lowest BCUT2D eigenvalue weighted by Gasteiger charge is -2.20. The van der Waals surface area contributed by atoms with Crippen molar-refractivity contribution < 1.29 is 13.2 Å². The molecule has 0 bridgehead atoms. The number of nitrogens with one attached hydrogen (secondary N) is 2. The van der Waals surface area contributed by atoms with E-state index in [1.165, 1.54) is 18.4 Å². The number of benzene rings is 2. The summed E-state index contributed by atoms with van der Waals surface area (Å²) in [4.78, 5) is 0. The Morgan fingerprint density at radius 3 is 2.23 bits per heavy atom. The highest BCUT2D eigenvalue weighted by molar-refractivity contribution is 7.94. The highest BCUT2D eigenvalue weighted by atomic mass is 32.2. The van der Waals surface area contributed by atoms with Crippen molar-refractivity contribution in [3.63, 3.8) is 0 Å². The van der Waals surface area contributed by atoms with Gasteiger partial charge in [0.15, 0.2) is 0 Å². The molecule has 2 N–H and O–H groups in total. The van der Waals surface area contributed by atoms with Gasteiger partial charge in [-0.15, -0.1) is 0 Å². The van der Waals surface area contributed by atoms with Crippen molar-refractivity contribution in [1.82, 2.24) is 0 Å². The molecule has 6 heteroatoms. The van der Waals surface area contributed by atoms with Crippen LogP contribution in [0.5, 0.6) is 5.75 Å². The first-order valence-electron chi connectivity index (χ1n) is 10.8. The summed E-state index contributed by atoms with van der Waals surface area (Å²) in [5, 5.41) is 3.45. The second-order valence-corrected chi connectivity index (χ2v) is 11.4. The van der Waals surface area contributed by atoms with E-state index in [1.54, 1.807) is 32.9 Å². The number of aryl methyl sites for hydroxylation is 1. The van der Waals surface area contributed by atoms with Gasteiger partial charge in [-0.2, -0.15) is 0 Å². The van der Waals surface area contributed by atoms with Crippen LogP contribution >= 0.6 is 0 Å². The summed E-state index contributed by atoms with van der Waals surface area (Å²) >= 11 is 0. The van der Waals surface area contributed by atoms with Crippen LogP contribution in [0.15, 0.2) is 42.5 Å². The van der Waals surface area contributed by atoms with Crippen molar-refractivity contribution in [1.29, 1.82) is 0 Å². The second kappa shape index (κ2) is 9.29. The first kappa shape index (κ1) is 22.5. The molecule has 3 rings (SSSR count). The SMILES string of the molecule is CCc1cc(NCc2ccc(NS(=O)(=O)C(C)(C)C)cc2)ccc1OC1CCCC1. The topological polar surface area (TPSA) is 67.4 Å². The predicted molar refractivity (Wildman–Crippen MR) is 125 cm³/mol. The monoisotopic (exact) mass is 430 g/mol. The van der Waals surface area contributed by atoms with E-state index >= 15 is 0 Å². The molecule has 0 amide bonds. The molecule has 0 saturated heterocycles. The first-order chi connectivity index (χ1) is 14.2. The lowest BCUT2D eigenvalue weighted by molar-refractivity contribution is 0.208. The minimum absolute atomic E-state index is 0.364. The van der Waals surface area contributed by atoms with Crippen LogP contribution in [0, 0.1) is 0 Å². The Labute approximate surface area is 181 Å². The van der Waals surface area contributed by atoms with E-state index in [-0.39, 0.29) is 0 Å². The standard InChI is InChI=1S/C24H34N2O3S/c1-5-19-16-21(14-15-23(19)29-22-8-6-7-9-22)25-17-18-10-12-20(13-11-18)26-30(27,28)24(2,3)4/h10-16,22,25-26H,5-9,17H2,1-4H3. The zero-order valence-corrected chi connectivity index (χ0v) is 19.3. The molecule has 0 atom stereocenters. The molecule has 5 nitrogen and oxygen atoms in total. The van der Waals surface area contributed by atoms with Gasteiger partial charge < -0.3 is 10.1 Å². The molecule has 1 saturated carbocycles. The summed E-state index contributed by atoms with van der Waals surface area (Å²) in [6, 6.07) is 13.8. The van der Waals surface area contributed by atoms with Crippen LogP contribution < -0.4 is 14.8 Å². The van der Waals surface area contributed by atoms with Gasteiger partial charge in [0.1, 0.15) is 5.75 Å². The van der Waals surface area contributed by atoms with Gasteiger partial charge in [-0.25, -0.2) is 8.42 Å². The minimum atomic E-state index is -3.42. The summed E-state index contributed by atoms with van der Waals surface area (Å²) in [5.41, 5.74) is 3.94. The molecule has 1 fully saturated rings. The largest absolute Gasteiger partial charge is 0.490 e. The Bertz CT molecular complexity index is 941. The summed E-state index contributed by atoms with van der Waals surface area (Å²) in [7, 11) is -3.42. The number of hydrogen-bond acceptors (Lipinski definition) is 4. The molecule has 1 aliphatic rings. The van der Waals surface area contributed by atoms with E-state index in [2.05, 4.69) is 35.2 Å².